The van der Waals surface area contributed by atoms with E-state index in [9.17, 15) is 9.90 Å². The smallest absolute Gasteiger partial charge is 0.159 e. The van der Waals surface area contributed by atoms with E-state index in [1.165, 1.54) is 0 Å². The van der Waals surface area contributed by atoms with Crippen LogP contribution in [0.15, 0.2) is 78.9 Å². The maximum atomic E-state index is 11.6. The Morgan fingerprint density at radius 2 is 1.42 bits per heavy atom. The molecular formula is C24H20O2. The molecular weight excluding hydrogens is 320 g/mol. The molecule has 0 aliphatic heterocycles. The van der Waals surface area contributed by atoms with E-state index in [-0.39, 0.29) is 5.78 Å². The second-order valence-corrected chi connectivity index (χ2v) is 6.87. The normalized spacial score (nSPS) is 18.7. The number of aliphatic hydroxyl groups is 1. The van der Waals surface area contributed by atoms with Gasteiger partial charge in [0.15, 0.2) is 5.78 Å². The largest absolute Gasteiger partial charge is 0.381 e. The van der Waals surface area contributed by atoms with E-state index in [2.05, 4.69) is 18.2 Å². The first-order valence-corrected chi connectivity index (χ1v) is 8.74. The number of Topliss-reactive ketones (excluding diaryl/α,β-unsaturated/α-hetero) is 1. The fourth-order valence-electron chi connectivity index (χ4n) is 3.84. The quantitative estimate of drug-likeness (QED) is 0.676. The van der Waals surface area contributed by atoms with Gasteiger partial charge in [0, 0.05) is 11.1 Å². The molecule has 1 aliphatic rings. The number of hydrogen-bond donors (Lipinski definition) is 1. The van der Waals surface area contributed by atoms with Crippen molar-refractivity contribution < 1.29 is 9.90 Å². The number of carbonyl (C=O) groups excluding carboxylic acids is 1. The molecule has 1 aliphatic carbocycles. The number of hydrogen-bond acceptors (Lipinski definition) is 2. The average molecular weight is 340 g/mol. The van der Waals surface area contributed by atoms with Gasteiger partial charge in [-0.15, -0.1) is 0 Å². The SMILES string of the molecule is CC(=O)c1ccc(C2=C(c3ccccc3)c3ccccc3C2(C)O)cc1. The lowest BCUT2D eigenvalue weighted by atomic mass is 9.86. The third-order valence-electron chi connectivity index (χ3n) is 5.10. The highest BCUT2D eigenvalue weighted by atomic mass is 16.3. The molecule has 1 atom stereocenters. The first kappa shape index (κ1) is 16.5. The van der Waals surface area contributed by atoms with Gasteiger partial charge in [-0.1, -0.05) is 78.9 Å². The van der Waals surface area contributed by atoms with Crippen molar-refractivity contribution in [3.8, 4) is 0 Å². The lowest BCUT2D eigenvalue weighted by Crippen LogP contribution is -2.20. The Morgan fingerprint density at radius 3 is 2.08 bits per heavy atom. The van der Waals surface area contributed by atoms with Gasteiger partial charge >= 0.3 is 0 Å². The Balaban J connectivity index is 2.00. The minimum Gasteiger partial charge on any atom is -0.381 e. The summed E-state index contributed by atoms with van der Waals surface area (Å²) in [6, 6.07) is 25.6. The molecule has 3 aromatic carbocycles. The zero-order valence-electron chi connectivity index (χ0n) is 14.9. The summed E-state index contributed by atoms with van der Waals surface area (Å²) in [4.78, 5) is 11.6. The minimum absolute atomic E-state index is 0.0373. The second-order valence-electron chi connectivity index (χ2n) is 6.87. The van der Waals surface area contributed by atoms with Crippen LogP contribution in [0.4, 0.5) is 0 Å². The Morgan fingerprint density at radius 1 is 0.808 bits per heavy atom. The molecule has 26 heavy (non-hydrogen) atoms. The van der Waals surface area contributed by atoms with Crippen LogP contribution in [-0.2, 0) is 5.60 Å². The van der Waals surface area contributed by atoms with Gasteiger partial charge in [-0.3, -0.25) is 4.79 Å². The van der Waals surface area contributed by atoms with Crippen LogP contribution < -0.4 is 0 Å². The van der Waals surface area contributed by atoms with Crippen LogP contribution in [-0.4, -0.2) is 10.9 Å². The lowest BCUT2D eigenvalue weighted by molar-refractivity contribution is 0.101. The van der Waals surface area contributed by atoms with Crippen LogP contribution in [0.2, 0.25) is 0 Å². The van der Waals surface area contributed by atoms with Crippen LogP contribution in [0.3, 0.4) is 0 Å². The average Bonchev–Trinajstić information content (AvgIpc) is 2.90. The van der Waals surface area contributed by atoms with Gasteiger partial charge in [-0.05, 0) is 41.7 Å². The Kier molecular flexibility index (Phi) is 3.86. The third kappa shape index (κ3) is 2.51. The van der Waals surface area contributed by atoms with E-state index in [1.807, 2.05) is 67.6 Å². The summed E-state index contributed by atoms with van der Waals surface area (Å²) in [7, 11) is 0. The lowest BCUT2D eigenvalue weighted by Gasteiger charge is -2.24. The number of rotatable bonds is 3. The highest BCUT2D eigenvalue weighted by molar-refractivity contribution is 6.06. The minimum atomic E-state index is -1.10. The van der Waals surface area contributed by atoms with Crippen molar-refractivity contribution >= 4 is 16.9 Å². The zero-order valence-corrected chi connectivity index (χ0v) is 14.9. The summed E-state index contributed by atoms with van der Waals surface area (Å²) < 4.78 is 0. The fourth-order valence-corrected chi connectivity index (χ4v) is 3.84. The number of fused-ring (bicyclic) bond motifs is 1. The molecule has 0 saturated carbocycles. The summed E-state index contributed by atoms with van der Waals surface area (Å²) in [6.45, 7) is 3.40. The van der Waals surface area contributed by atoms with Gasteiger partial charge in [0.25, 0.3) is 0 Å². The summed E-state index contributed by atoms with van der Waals surface area (Å²) >= 11 is 0. The third-order valence-corrected chi connectivity index (χ3v) is 5.10. The predicted octanol–water partition coefficient (Wildman–Crippen LogP) is 5.07. The fraction of sp³-hybridized carbons (Fsp3) is 0.125. The van der Waals surface area contributed by atoms with E-state index in [0.29, 0.717) is 5.56 Å². The van der Waals surface area contributed by atoms with Crippen LogP contribution >= 0.6 is 0 Å². The summed E-state index contributed by atoms with van der Waals surface area (Å²) in [5.74, 6) is 0.0373. The molecule has 3 aromatic rings. The van der Waals surface area contributed by atoms with Crippen molar-refractivity contribution in [2.24, 2.45) is 0 Å². The summed E-state index contributed by atoms with van der Waals surface area (Å²) in [5.41, 5.74) is 5.45. The Hall–Kier alpha value is -2.97. The van der Waals surface area contributed by atoms with Crippen LogP contribution in [0.5, 0.6) is 0 Å². The van der Waals surface area contributed by atoms with E-state index in [1.54, 1.807) is 6.92 Å². The first-order chi connectivity index (χ1) is 12.5. The van der Waals surface area contributed by atoms with Crippen LogP contribution in [0.25, 0.3) is 11.1 Å². The molecule has 0 aromatic heterocycles. The van der Waals surface area contributed by atoms with Crippen molar-refractivity contribution in [2.45, 2.75) is 19.4 Å². The van der Waals surface area contributed by atoms with Crippen LogP contribution in [0.1, 0.15) is 46.5 Å². The molecule has 2 heteroatoms. The van der Waals surface area contributed by atoms with Crippen molar-refractivity contribution in [2.75, 3.05) is 0 Å². The predicted molar refractivity (Wildman–Crippen MR) is 105 cm³/mol. The molecule has 128 valence electrons. The van der Waals surface area contributed by atoms with E-state index >= 15 is 0 Å². The van der Waals surface area contributed by atoms with Gasteiger partial charge in [0.2, 0.25) is 0 Å². The molecule has 0 saturated heterocycles. The molecule has 4 rings (SSSR count). The molecule has 1 unspecified atom stereocenters. The van der Waals surface area contributed by atoms with Crippen molar-refractivity contribution in [3.05, 3.63) is 107 Å². The van der Waals surface area contributed by atoms with Crippen molar-refractivity contribution in [3.63, 3.8) is 0 Å². The highest BCUT2D eigenvalue weighted by Gasteiger charge is 2.40. The van der Waals surface area contributed by atoms with Gasteiger partial charge in [-0.2, -0.15) is 0 Å². The van der Waals surface area contributed by atoms with E-state index in [4.69, 9.17) is 0 Å². The molecule has 0 radical (unpaired) electrons. The molecule has 0 fully saturated rings. The molecule has 0 amide bonds. The Labute approximate surface area is 153 Å². The standard InChI is InChI=1S/C24H20O2/c1-16(25)17-12-14-19(15-13-17)23-22(18-8-4-3-5-9-18)20-10-6-7-11-21(20)24(23,2)26/h3-15,26H,1-2H3. The molecule has 0 heterocycles. The molecule has 0 bridgehead atoms. The first-order valence-electron chi connectivity index (χ1n) is 8.74. The highest BCUT2D eigenvalue weighted by Crippen LogP contribution is 2.51. The topological polar surface area (TPSA) is 37.3 Å². The number of carbonyl (C=O) groups is 1. The number of benzene rings is 3. The van der Waals surface area contributed by atoms with Crippen molar-refractivity contribution in [1.29, 1.82) is 0 Å². The van der Waals surface area contributed by atoms with Gasteiger partial charge in [0.05, 0.1) is 0 Å². The van der Waals surface area contributed by atoms with Gasteiger partial charge in [-0.25, -0.2) is 0 Å². The zero-order chi connectivity index (χ0) is 18.3. The maximum Gasteiger partial charge on any atom is 0.159 e. The molecule has 2 nitrogen and oxygen atoms in total. The summed E-state index contributed by atoms with van der Waals surface area (Å²) in [6.07, 6.45) is 0. The molecule has 1 N–H and O–H groups in total. The van der Waals surface area contributed by atoms with Crippen molar-refractivity contribution in [1.82, 2.24) is 0 Å². The monoisotopic (exact) mass is 340 g/mol. The Bertz CT molecular complexity index is 1010. The summed E-state index contributed by atoms with van der Waals surface area (Å²) in [5, 5.41) is 11.4. The molecule has 0 spiro atoms. The maximum absolute atomic E-state index is 11.6. The van der Waals surface area contributed by atoms with E-state index < -0.39 is 5.60 Å². The van der Waals surface area contributed by atoms with Gasteiger partial charge in [0.1, 0.15) is 5.60 Å². The second kappa shape index (κ2) is 6.08. The van der Waals surface area contributed by atoms with Crippen LogP contribution in [0, 0.1) is 0 Å². The number of ketones is 1. The van der Waals surface area contributed by atoms with E-state index in [0.717, 1.165) is 33.4 Å². The van der Waals surface area contributed by atoms with Gasteiger partial charge < -0.3 is 5.11 Å².